The number of fused-ring (bicyclic) bond motifs is 3. The highest BCUT2D eigenvalue weighted by atomic mass is 15.1. The van der Waals surface area contributed by atoms with Gasteiger partial charge in [-0.15, -0.1) is 0 Å². The van der Waals surface area contributed by atoms with E-state index in [1.54, 1.807) is 0 Å². The standard InChI is InChI=1S/C62H43N/c1-4-18-44(19-5-1)49-25-16-26-50(42-49)45-34-38-52(39-35-45)63(53-40-36-48(37-41-53)60-43-51-24-10-11-28-55(51)57-29-13-14-30-58(57)60)61-33-17-32-56(47-22-8-3-9-23-47)62(61)59-31-15-12-27-54(59)46-20-6-2-7-21-46/h1-43H. The number of anilines is 3. The summed E-state index contributed by atoms with van der Waals surface area (Å²) in [6.45, 7) is 0. The lowest BCUT2D eigenvalue weighted by molar-refractivity contribution is 1.28. The molecule has 0 aliphatic carbocycles. The SMILES string of the molecule is c1ccc(-c2cccc(-c3ccc(N(c4ccc(-c5cc6ccccc6c6ccccc56)cc4)c4cccc(-c5ccccc5)c4-c4ccccc4-c4ccccc4)cc3)c2)cc1. The molecule has 0 unspecified atom stereocenters. The van der Waals surface area contributed by atoms with Crippen LogP contribution in [0.25, 0.3) is 88.3 Å². The van der Waals surface area contributed by atoms with Crippen LogP contribution in [-0.2, 0) is 0 Å². The van der Waals surface area contributed by atoms with Gasteiger partial charge in [-0.1, -0.05) is 218 Å². The smallest absolute Gasteiger partial charge is 0.0546 e. The van der Waals surface area contributed by atoms with Crippen molar-refractivity contribution in [3.8, 4) is 66.8 Å². The molecule has 0 aliphatic rings. The molecule has 0 radical (unpaired) electrons. The predicted octanol–water partition coefficient (Wildman–Crippen LogP) is 17.5. The van der Waals surface area contributed by atoms with Crippen LogP contribution >= 0.6 is 0 Å². The zero-order chi connectivity index (χ0) is 42.0. The first-order valence-corrected chi connectivity index (χ1v) is 21.7. The summed E-state index contributed by atoms with van der Waals surface area (Å²) in [5.74, 6) is 0. The predicted molar refractivity (Wildman–Crippen MR) is 269 cm³/mol. The Morgan fingerprint density at radius 1 is 0.222 bits per heavy atom. The summed E-state index contributed by atoms with van der Waals surface area (Å²) in [5.41, 5.74) is 17.5. The van der Waals surface area contributed by atoms with E-state index in [4.69, 9.17) is 0 Å². The molecule has 0 aliphatic heterocycles. The van der Waals surface area contributed by atoms with E-state index in [2.05, 4.69) is 266 Å². The van der Waals surface area contributed by atoms with Gasteiger partial charge in [-0.3, -0.25) is 0 Å². The summed E-state index contributed by atoms with van der Waals surface area (Å²) >= 11 is 0. The largest absolute Gasteiger partial charge is 0.310 e. The lowest BCUT2D eigenvalue weighted by Crippen LogP contribution is -2.12. The van der Waals surface area contributed by atoms with E-state index < -0.39 is 0 Å². The van der Waals surface area contributed by atoms with Crippen molar-refractivity contribution in [2.45, 2.75) is 0 Å². The summed E-state index contributed by atoms with van der Waals surface area (Å²) < 4.78 is 0. The van der Waals surface area contributed by atoms with Gasteiger partial charge in [0, 0.05) is 16.9 Å². The summed E-state index contributed by atoms with van der Waals surface area (Å²) in [6, 6.07) is 94.7. The molecular weight excluding hydrogens is 759 g/mol. The highest BCUT2D eigenvalue weighted by molar-refractivity contribution is 6.14. The minimum absolute atomic E-state index is 1.07. The number of benzene rings is 11. The summed E-state index contributed by atoms with van der Waals surface area (Å²) in [4.78, 5) is 2.44. The van der Waals surface area contributed by atoms with E-state index in [0.717, 1.165) is 17.1 Å². The van der Waals surface area contributed by atoms with Gasteiger partial charge in [0.15, 0.2) is 0 Å². The van der Waals surface area contributed by atoms with Crippen molar-refractivity contribution < 1.29 is 0 Å². The second-order valence-corrected chi connectivity index (χ2v) is 16.0. The molecule has 0 bridgehead atoms. The molecule has 0 aromatic heterocycles. The molecule has 0 spiro atoms. The quantitative estimate of drug-likeness (QED) is 0.131. The fourth-order valence-corrected chi connectivity index (χ4v) is 9.26. The molecule has 0 heterocycles. The van der Waals surface area contributed by atoms with Crippen molar-refractivity contribution in [1.82, 2.24) is 0 Å². The minimum Gasteiger partial charge on any atom is -0.310 e. The van der Waals surface area contributed by atoms with Gasteiger partial charge >= 0.3 is 0 Å². The second kappa shape index (κ2) is 16.7. The van der Waals surface area contributed by atoms with Gasteiger partial charge in [-0.2, -0.15) is 0 Å². The zero-order valence-corrected chi connectivity index (χ0v) is 34.8. The Labute approximate surface area is 369 Å². The Balaban J connectivity index is 1.11. The molecule has 0 amide bonds. The Bertz CT molecular complexity index is 3350. The fourth-order valence-electron chi connectivity index (χ4n) is 9.26. The highest BCUT2D eigenvalue weighted by Gasteiger charge is 2.23. The van der Waals surface area contributed by atoms with Crippen molar-refractivity contribution in [3.63, 3.8) is 0 Å². The molecule has 63 heavy (non-hydrogen) atoms. The van der Waals surface area contributed by atoms with Crippen LogP contribution in [0.3, 0.4) is 0 Å². The minimum atomic E-state index is 1.07. The normalized spacial score (nSPS) is 11.2. The van der Waals surface area contributed by atoms with E-state index in [0.29, 0.717) is 0 Å². The Kier molecular flexibility index (Phi) is 9.97. The number of hydrogen-bond donors (Lipinski definition) is 0. The molecule has 11 aromatic rings. The van der Waals surface area contributed by atoms with Crippen LogP contribution in [0, 0.1) is 0 Å². The van der Waals surface area contributed by atoms with Crippen molar-refractivity contribution in [2.24, 2.45) is 0 Å². The lowest BCUT2D eigenvalue weighted by atomic mass is 9.87. The van der Waals surface area contributed by atoms with E-state index in [1.807, 2.05) is 0 Å². The number of hydrogen-bond acceptors (Lipinski definition) is 1. The molecule has 0 fully saturated rings. The van der Waals surface area contributed by atoms with Crippen molar-refractivity contribution in [1.29, 1.82) is 0 Å². The van der Waals surface area contributed by atoms with Crippen LogP contribution in [-0.4, -0.2) is 0 Å². The van der Waals surface area contributed by atoms with Crippen LogP contribution in [0.5, 0.6) is 0 Å². The molecule has 0 atom stereocenters. The van der Waals surface area contributed by atoms with Crippen LogP contribution in [0.15, 0.2) is 261 Å². The van der Waals surface area contributed by atoms with Crippen LogP contribution in [0.1, 0.15) is 0 Å². The third-order valence-electron chi connectivity index (χ3n) is 12.3. The number of nitrogens with zero attached hydrogens (tertiary/aromatic N) is 1. The van der Waals surface area contributed by atoms with Gasteiger partial charge in [-0.25, -0.2) is 0 Å². The van der Waals surface area contributed by atoms with Crippen LogP contribution in [0.2, 0.25) is 0 Å². The Hall–Kier alpha value is -8.26. The molecule has 0 saturated carbocycles. The van der Waals surface area contributed by atoms with Crippen LogP contribution in [0.4, 0.5) is 17.1 Å². The summed E-state index contributed by atoms with van der Waals surface area (Å²) in [5, 5.41) is 5.04. The van der Waals surface area contributed by atoms with Gasteiger partial charge in [0.05, 0.1) is 5.69 Å². The zero-order valence-electron chi connectivity index (χ0n) is 34.8. The Morgan fingerprint density at radius 3 is 1.30 bits per heavy atom. The first-order chi connectivity index (χ1) is 31.3. The first kappa shape index (κ1) is 37.7. The highest BCUT2D eigenvalue weighted by Crippen LogP contribution is 2.48. The third kappa shape index (κ3) is 7.26. The first-order valence-electron chi connectivity index (χ1n) is 21.7. The van der Waals surface area contributed by atoms with E-state index in [9.17, 15) is 0 Å². The molecule has 0 saturated heterocycles. The topological polar surface area (TPSA) is 3.24 Å². The molecule has 0 N–H and O–H groups in total. The summed E-state index contributed by atoms with van der Waals surface area (Å²) in [7, 11) is 0. The molecule has 296 valence electrons. The van der Waals surface area contributed by atoms with Crippen LogP contribution < -0.4 is 4.90 Å². The third-order valence-corrected chi connectivity index (χ3v) is 12.3. The Morgan fingerprint density at radius 2 is 0.651 bits per heavy atom. The second-order valence-electron chi connectivity index (χ2n) is 16.0. The summed E-state index contributed by atoms with van der Waals surface area (Å²) in [6.07, 6.45) is 0. The molecule has 11 aromatic carbocycles. The van der Waals surface area contributed by atoms with Gasteiger partial charge in [0.2, 0.25) is 0 Å². The maximum absolute atomic E-state index is 2.44. The van der Waals surface area contributed by atoms with Gasteiger partial charge in [0.25, 0.3) is 0 Å². The number of rotatable bonds is 9. The van der Waals surface area contributed by atoms with Crippen molar-refractivity contribution in [3.05, 3.63) is 261 Å². The van der Waals surface area contributed by atoms with Gasteiger partial charge in [0.1, 0.15) is 0 Å². The monoisotopic (exact) mass is 801 g/mol. The molecular formula is C62H43N. The average Bonchev–Trinajstić information content (AvgIpc) is 3.37. The van der Waals surface area contributed by atoms with E-state index in [-0.39, 0.29) is 0 Å². The van der Waals surface area contributed by atoms with Gasteiger partial charge < -0.3 is 4.90 Å². The molecule has 11 rings (SSSR count). The maximum Gasteiger partial charge on any atom is 0.0546 e. The fraction of sp³-hybridized carbons (Fsp3) is 0. The van der Waals surface area contributed by atoms with Crippen molar-refractivity contribution in [2.75, 3.05) is 4.90 Å². The average molecular weight is 802 g/mol. The van der Waals surface area contributed by atoms with Crippen molar-refractivity contribution >= 4 is 38.6 Å². The van der Waals surface area contributed by atoms with E-state index in [1.165, 1.54) is 88.3 Å². The van der Waals surface area contributed by atoms with E-state index >= 15 is 0 Å². The lowest BCUT2D eigenvalue weighted by Gasteiger charge is -2.30. The van der Waals surface area contributed by atoms with Gasteiger partial charge in [-0.05, 0) is 125 Å². The molecule has 1 heteroatoms. The maximum atomic E-state index is 2.44. The molecule has 1 nitrogen and oxygen atoms in total.